The first-order valence-corrected chi connectivity index (χ1v) is 18.0. The third-order valence-electron chi connectivity index (χ3n) is 10.3. The largest absolute Gasteiger partial charge is 0.456 e. The second-order valence-corrected chi connectivity index (χ2v) is 13.6. The first-order chi connectivity index (χ1) is 26.7. The lowest BCUT2D eigenvalue weighted by Gasteiger charge is -2.10. The topological polar surface area (TPSA) is 65.0 Å². The molecule has 0 N–H and O–H groups in total. The summed E-state index contributed by atoms with van der Waals surface area (Å²) >= 11 is 0. The summed E-state index contributed by atoms with van der Waals surface area (Å²) in [6.07, 6.45) is 0. The molecule has 0 spiro atoms. The molecule has 0 radical (unpaired) electrons. The number of furan rings is 2. The molecule has 0 unspecified atom stereocenters. The number of hydrogen-bond acceptors (Lipinski definition) is 5. The van der Waals surface area contributed by atoms with E-state index in [1.54, 1.807) is 0 Å². The summed E-state index contributed by atoms with van der Waals surface area (Å²) in [5.74, 6) is 1.77. The number of fused-ring (bicyclic) bond motifs is 8. The van der Waals surface area contributed by atoms with E-state index in [9.17, 15) is 0 Å². The van der Waals surface area contributed by atoms with Crippen molar-refractivity contribution in [3.8, 4) is 56.4 Å². The molecule has 0 aliphatic rings. The maximum Gasteiger partial charge on any atom is 0.164 e. The zero-order valence-corrected chi connectivity index (χ0v) is 28.9. The number of benzene rings is 8. The van der Waals surface area contributed by atoms with Crippen molar-refractivity contribution in [1.82, 2.24) is 15.0 Å². The minimum absolute atomic E-state index is 0.586. The smallest absolute Gasteiger partial charge is 0.164 e. The third kappa shape index (κ3) is 4.98. The summed E-state index contributed by atoms with van der Waals surface area (Å²) in [5.41, 5.74) is 10.4. The SMILES string of the molecule is c1ccc(-c2ccc(-c3nc(-c4cccc(-c5cccc6c5oc5ccccc56)c4)nc(-c4ccc5oc6ccc7ccccc7c6c5c4)n3)cc2)cc1. The molecule has 0 fully saturated rings. The molecular formula is C49H29N3O2. The predicted octanol–water partition coefficient (Wildman–Crippen LogP) is 13.2. The van der Waals surface area contributed by atoms with Crippen LogP contribution in [0, 0.1) is 0 Å². The van der Waals surface area contributed by atoms with Crippen molar-refractivity contribution in [1.29, 1.82) is 0 Å². The van der Waals surface area contributed by atoms with Crippen LogP contribution in [-0.4, -0.2) is 15.0 Å². The van der Waals surface area contributed by atoms with Crippen LogP contribution >= 0.6 is 0 Å². The van der Waals surface area contributed by atoms with Crippen LogP contribution < -0.4 is 0 Å². The van der Waals surface area contributed by atoms with Gasteiger partial charge in [0.1, 0.15) is 22.3 Å². The van der Waals surface area contributed by atoms with Gasteiger partial charge in [0, 0.05) is 43.8 Å². The monoisotopic (exact) mass is 691 g/mol. The van der Waals surface area contributed by atoms with Gasteiger partial charge in [-0.2, -0.15) is 0 Å². The Bertz CT molecular complexity index is 3210. The summed E-state index contributed by atoms with van der Waals surface area (Å²) in [5, 5.41) is 6.62. The fourth-order valence-electron chi connectivity index (χ4n) is 7.69. The second kappa shape index (κ2) is 12.1. The maximum atomic E-state index is 6.42. The van der Waals surface area contributed by atoms with Gasteiger partial charge < -0.3 is 8.83 Å². The van der Waals surface area contributed by atoms with Crippen LogP contribution in [0.4, 0.5) is 0 Å². The number of rotatable bonds is 5. The van der Waals surface area contributed by atoms with Gasteiger partial charge in [-0.15, -0.1) is 0 Å². The van der Waals surface area contributed by atoms with Crippen molar-refractivity contribution in [2.75, 3.05) is 0 Å². The summed E-state index contributed by atoms with van der Waals surface area (Å²) in [6.45, 7) is 0. The lowest BCUT2D eigenvalue weighted by molar-refractivity contribution is 0.669. The van der Waals surface area contributed by atoms with E-state index in [1.807, 2.05) is 36.4 Å². The minimum atomic E-state index is 0.586. The Balaban J connectivity index is 1.09. The number of nitrogens with zero attached hydrogens (tertiary/aromatic N) is 3. The molecule has 3 heterocycles. The summed E-state index contributed by atoms with van der Waals surface area (Å²) < 4.78 is 12.7. The highest BCUT2D eigenvalue weighted by atomic mass is 16.3. The molecule has 8 aromatic carbocycles. The number of hydrogen-bond donors (Lipinski definition) is 0. The van der Waals surface area contributed by atoms with Gasteiger partial charge in [-0.3, -0.25) is 0 Å². The van der Waals surface area contributed by atoms with Crippen molar-refractivity contribution in [2.45, 2.75) is 0 Å². The highest BCUT2D eigenvalue weighted by Gasteiger charge is 2.18. The molecule has 5 heteroatoms. The van der Waals surface area contributed by atoms with E-state index in [0.717, 1.165) is 88.2 Å². The molecule has 54 heavy (non-hydrogen) atoms. The van der Waals surface area contributed by atoms with Crippen molar-refractivity contribution in [3.63, 3.8) is 0 Å². The zero-order chi connectivity index (χ0) is 35.6. The molecule has 252 valence electrons. The number of para-hydroxylation sites is 2. The molecule has 3 aromatic heterocycles. The maximum absolute atomic E-state index is 6.42. The average molecular weight is 692 g/mol. The minimum Gasteiger partial charge on any atom is -0.456 e. The first kappa shape index (κ1) is 30.3. The molecule has 5 nitrogen and oxygen atoms in total. The van der Waals surface area contributed by atoms with Gasteiger partial charge in [0.25, 0.3) is 0 Å². The van der Waals surface area contributed by atoms with Gasteiger partial charge >= 0.3 is 0 Å². The van der Waals surface area contributed by atoms with Crippen LogP contribution in [0.15, 0.2) is 185 Å². The molecule has 0 aliphatic heterocycles. The van der Waals surface area contributed by atoms with E-state index in [1.165, 1.54) is 5.39 Å². The van der Waals surface area contributed by atoms with E-state index in [4.69, 9.17) is 23.8 Å². The normalized spacial score (nSPS) is 11.7. The predicted molar refractivity (Wildman–Crippen MR) is 219 cm³/mol. The summed E-state index contributed by atoms with van der Waals surface area (Å²) in [6, 6.07) is 60.4. The van der Waals surface area contributed by atoms with E-state index >= 15 is 0 Å². The average Bonchev–Trinajstić information content (AvgIpc) is 3.82. The fraction of sp³-hybridized carbons (Fsp3) is 0. The Labute approximate surface area is 309 Å². The van der Waals surface area contributed by atoms with Crippen molar-refractivity contribution >= 4 is 54.6 Å². The second-order valence-electron chi connectivity index (χ2n) is 13.6. The highest BCUT2D eigenvalue weighted by Crippen LogP contribution is 2.39. The Kier molecular flexibility index (Phi) is 6.79. The third-order valence-corrected chi connectivity index (χ3v) is 10.3. The molecule has 0 saturated heterocycles. The van der Waals surface area contributed by atoms with E-state index in [-0.39, 0.29) is 0 Å². The summed E-state index contributed by atoms with van der Waals surface area (Å²) in [4.78, 5) is 15.4. The van der Waals surface area contributed by atoms with Crippen LogP contribution in [0.2, 0.25) is 0 Å². The van der Waals surface area contributed by atoms with Crippen molar-refractivity contribution < 1.29 is 8.83 Å². The van der Waals surface area contributed by atoms with Crippen LogP contribution in [0.25, 0.3) is 111 Å². The number of aromatic nitrogens is 3. The lowest BCUT2D eigenvalue weighted by atomic mass is 10.00. The van der Waals surface area contributed by atoms with Crippen LogP contribution in [-0.2, 0) is 0 Å². The van der Waals surface area contributed by atoms with Crippen molar-refractivity contribution in [3.05, 3.63) is 176 Å². The molecule has 11 rings (SSSR count). The van der Waals surface area contributed by atoms with E-state index in [0.29, 0.717) is 17.5 Å². The molecule has 0 atom stereocenters. The lowest BCUT2D eigenvalue weighted by Crippen LogP contribution is -2.00. The first-order valence-electron chi connectivity index (χ1n) is 18.0. The van der Waals surface area contributed by atoms with Gasteiger partial charge in [0.2, 0.25) is 0 Å². The Hall–Kier alpha value is -7.37. The van der Waals surface area contributed by atoms with Gasteiger partial charge in [0.15, 0.2) is 17.5 Å². The fourth-order valence-corrected chi connectivity index (χ4v) is 7.69. The standard InChI is InChI=1S/C49H29N3O2/c1-2-10-30(11-3-1)31-20-22-33(23-21-31)47-50-48(35-14-8-13-34(28-35)38-17-9-18-40-39-16-6-7-19-42(39)54-46(38)40)52-49(51-47)36-25-26-43-41(29-36)45-37-15-5-4-12-32(37)24-27-44(45)53-43/h1-29H. The van der Waals surface area contributed by atoms with Crippen molar-refractivity contribution in [2.24, 2.45) is 0 Å². The van der Waals surface area contributed by atoms with E-state index < -0.39 is 0 Å². The molecule has 11 aromatic rings. The van der Waals surface area contributed by atoms with Gasteiger partial charge in [-0.05, 0) is 63.9 Å². The highest BCUT2D eigenvalue weighted by molar-refractivity contribution is 6.19. The quantitative estimate of drug-likeness (QED) is 0.180. The molecule has 0 bridgehead atoms. The molecule has 0 saturated carbocycles. The van der Waals surface area contributed by atoms with E-state index in [2.05, 4.69) is 140 Å². The van der Waals surface area contributed by atoms with Gasteiger partial charge in [0.05, 0.1) is 0 Å². The zero-order valence-electron chi connectivity index (χ0n) is 28.9. The summed E-state index contributed by atoms with van der Waals surface area (Å²) in [7, 11) is 0. The van der Waals surface area contributed by atoms with Crippen LogP contribution in [0.1, 0.15) is 0 Å². The Morgan fingerprint density at radius 3 is 1.74 bits per heavy atom. The molecular weight excluding hydrogens is 663 g/mol. The Morgan fingerprint density at radius 1 is 0.315 bits per heavy atom. The Morgan fingerprint density at radius 2 is 0.889 bits per heavy atom. The van der Waals surface area contributed by atoms with Crippen LogP contribution in [0.5, 0.6) is 0 Å². The molecule has 0 aliphatic carbocycles. The van der Waals surface area contributed by atoms with Crippen LogP contribution in [0.3, 0.4) is 0 Å². The van der Waals surface area contributed by atoms with Gasteiger partial charge in [-0.1, -0.05) is 140 Å². The van der Waals surface area contributed by atoms with Gasteiger partial charge in [-0.25, -0.2) is 15.0 Å². The molecule has 0 amide bonds.